The molecule has 0 aliphatic heterocycles. The predicted molar refractivity (Wildman–Crippen MR) is 133 cm³/mol. The summed E-state index contributed by atoms with van der Waals surface area (Å²) >= 11 is 12.6. The first-order valence-corrected chi connectivity index (χ1v) is 11.0. The van der Waals surface area contributed by atoms with Crippen molar-refractivity contribution >= 4 is 40.5 Å². The first kappa shape index (κ1) is 21.9. The van der Waals surface area contributed by atoms with Gasteiger partial charge < -0.3 is 10.6 Å². The highest BCUT2D eigenvalue weighted by atomic mass is 35.5. The minimum Gasteiger partial charge on any atom is -0.385 e. The number of pyridine rings is 1. The van der Waals surface area contributed by atoms with E-state index in [0.717, 1.165) is 35.5 Å². The smallest absolute Gasteiger partial charge is 0.256 e. The number of hydrogen-bond donors (Lipinski definition) is 2. The average Bonchev–Trinajstić information content (AvgIpc) is 2.83. The third-order valence-corrected chi connectivity index (χ3v) is 5.81. The number of aromatic nitrogens is 1. The van der Waals surface area contributed by atoms with Crippen molar-refractivity contribution in [3.63, 3.8) is 0 Å². The maximum absolute atomic E-state index is 13.0. The van der Waals surface area contributed by atoms with E-state index in [-0.39, 0.29) is 5.91 Å². The summed E-state index contributed by atoms with van der Waals surface area (Å²) in [6.07, 6.45) is 2.63. The van der Waals surface area contributed by atoms with Crippen LogP contribution in [0.1, 0.15) is 16.1 Å². The van der Waals surface area contributed by atoms with E-state index >= 15 is 0 Å². The molecule has 3 aromatic carbocycles. The van der Waals surface area contributed by atoms with E-state index in [1.807, 2.05) is 72.8 Å². The van der Waals surface area contributed by atoms with E-state index in [1.54, 1.807) is 18.3 Å². The number of rotatable bonds is 7. The molecule has 0 bridgehead atoms. The van der Waals surface area contributed by atoms with Crippen molar-refractivity contribution in [1.82, 2.24) is 4.98 Å². The molecule has 0 spiro atoms. The molecule has 1 amide bonds. The van der Waals surface area contributed by atoms with Gasteiger partial charge in [0.2, 0.25) is 0 Å². The summed E-state index contributed by atoms with van der Waals surface area (Å²) in [5.74, 6) is -0.215. The minimum atomic E-state index is -0.215. The van der Waals surface area contributed by atoms with Crippen molar-refractivity contribution < 1.29 is 4.79 Å². The van der Waals surface area contributed by atoms with Crippen molar-refractivity contribution in [3.8, 4) is 11.1 Å². The van der Waals surface area contributed by atoms with Gasteiger partial charge in [0.15, 0.2) is 0 Å². The van der Waals surface area contributed by atoms with E-state index < -0.39 is 0 Å². The number of halogens is 2. The Balaban J connectivity index is 1.43. The van der Waals surface area contributed by atoms with Gasteiger partial charge in [0.05, 0.1) is 10.0 Å². The summed E-state index contributed by atoms with van der Waals surface area (Å²) in [7, 11) is 0. The van der Waals surface area contributed by atoms with Gasteiger partial charge in [-0.3, -0.25) is 9.78 Å². The first-order valence-electron chi connectivity index (χ1n) is 10.2. The van der Waals surface area contributed by atoms with E-state index in [2.05, 4.69) is 15.6 Å². The van der Waals surface area contributed by atoms with Crippen LogP contribution in [-0.4, -0.2) is 17.4 Å². The van der Waals surface area contributed by atoms with Crippen LogP contribution in [0.4, 0.5) is 11.4 Å². The first-order chi connectivity index (χ1) is 15.6. The Hall–Kier alpha value is -3.34. The van der Waals surface area contributed by atoms with Crippen molar-refractivity contribution in [3.05, 3.63) is 112 Å². The van der Waals surface area contributed by atoms with Gasteiger partial charge in [-0.15, -0.1) is 0 Å². The van der Waals surface area contributed by atoms with Crippen molar-refractivity contribution in [2.75, 3.05) is 17.2 Å². The molecule has 2 N–H and O–H groups in total. The topological polar surface area (TPSA) is 54.0 Å². The molecule has 0 unspecified atom stereocenters. The fourth-order valence-corrected chi connectivity index (χ4v) is 3.78. The molecule has 1 heterocycles. The Morgan fingerprint density at radius 3 is 2.28 bits per heavy atom. The highest BCUT2D eigenvalue weighted by molar-refractivity contribution is 6.43. The molecule has 4 aromatic rings. The lowest BCUT2D eigenvalue weighted by Crippen LogP contribution is -2.13. The summed E-state index contributed by atoms with van der Waals surface area (Å²) in [4.78, 5) is 17.3. The number of carbonyl (C=O) groups excluding carboxylic acids is 1. The molecule has 6 heteroatoms. The fourth-order valence-electron chi connectivity index (χ4n) is 3.38. The average molecular weight is 462 g/mol. The minimum absolute atomic E-state index is 0.215. The van der Waals surface area contributed by atoms with E-state index in [4.69, 9.17) is 23.2 Å². The molecule has 0 aliphatic carbocycles. The third kappa shape index (κ3) is 5.28. The van der Waals surface area contributed by atoms with Crippen LogP contribution in [0, 0.1) is 0 Å². The Morgan fingerprint density at radius 2 is 1.50 bits per heavy atom. The lowest BCUT2D eigenvalue weighted by atomic mass is 9.99. The number of benzene rings is 3. The van der Waals surface area contributed by atoms with Gasteiger partial charge in [0.1, 0.15) is 0 Å². The molecule has 4 nitrogen and oxygen atoms in total. The molecule has 32 heavy (non-hydrogen) atoms. The molecule has 0 aliphatic rings. The summed E-state index contributed by atoms with van der Waals surface area (Å²) in [6.45, 7) is 0.774. The van der Waals surface area contributed by atoms with Gasteiger partial charge in [-0.1, -0.05) is 59.6 Å². The van der Waals surface area contributed by atoms with Crippen LogP contribution in [0.25, 0.3) is 11.1 Å². The van der Waals surface area contributed by atoms with E-state index in [9.17, 15) is 4.79 Å². The normalized spacial score (nSPS) is 10.6. The quantitative estimate of drug-likeness (QED) is 0.312. The van der Waals surface area contributed by atoms with Gasteiger partial charge in [0, 0.05) is 47.4 Å². The highest BCUT2D eigenvalue weighted by Gasteiger charge is 2.15. The predicted octanol–water partition coefficient (Wildman–Crippen LogP) is 6.96. The zero-order chi connectivity index (χ0) is 22.3. The second kappa shape index (κ2) is 10.3. The third-order valence-electron chi connectivity index (χ3n) is 4.99. The van der Waals surface area contributed by atoms with Crippen LogP contribution in [0.5, 0.6) is 0 Å². The lowest BCUT2D eigenvalue weighted by molar-refractivity contribution is 0.102. The fraction of sp³-hybridized carbons (Fsp3) is 0.0769. The maximum Gasteiger partial charge on any atom is 0.256 e. The molecule has 0 saturated heterocycles. The largest absolute Gasteiger partial charge is 0.385 e. The van der Waals surface area contributed by atoms with Gasteiger partial charge in [-0.25, -0.2) is 0 Å². The monoisotopic (exact) mass is 461 g/mol. The maximum atomic E-state index is 13.0. The molecule has 0 radical (unpaired) electrons. The molecular formula is C26H21Cl2N3O. The number of carbonyl (C=O) groups is 1. The van der Waals surface area contributed by atoms with Crippen molar-refractivity contribution in [1.29, 1.82) is 0 Å². The number of amides is 1. The number of anilines is 2. The second-order valence-corrected chi connectivity index (χ2v) is 7.96. The second-order valence-electron chi connectivity index (χ2n) is 7.18. The molecule has 1 aromatic heterocycles. The Morgan fingerprint density at radius 1 is 0.781 bits per heavy atom. The summed E-state index contributed by atoms with van der Waals surface area (Å²) in [5, 5.41) is 7.20. The van der Waals surface area contributed by atoms with Gasteiger partial charge >= 0.3 is 0 Å². The van der Waals surface area contributed by atoms with Gasteiger partial charge in [0.25, 0.3) is 5.91 Å². The number of hydrogen-bond acceptors (Lipinski definition) is 3. The van der Waals surface area contributed by atoms with E-state index in [1.165, 1.54) is 0 Å². The molecule has 4 rings (SSSR count). The van der Waals surface area contributed by atoms with Crippen LogP contribution < -0.4 is 10.6 Å². The number of nitrogens with zero attached hydrogens (tertiary/aromatic N) is 1. The summed E-state index contributed by atoms with van der Waals surface area (Å²) in [5.41, 5.74) is 4.70. The van der Waals surface area contributed by atoms with Crippen LogP contribution in [0.3, 0.4) is 0 Å². The summed E-state index contributed by atoms with van der Waals surface area (Å²) in [6, 6.07) is 26.2. The van der Waals surface area contributed by atoms with Gasteiger partial charge in [-0.05, 0) is 54.1 Å². The molecule has 0 fully saturated rings. The SMILES string of the molecule is O=C(Nc1ccc(NCCc2ccccn2)cc1)c1ccccc1-c1cccc(Cl)c1Cl. The van der Waals surface area contributed by atoms with E-state index in [0.29, 0.717) is 21.3 Å². The Labute approximate surface area is 197 Å². The molecular weight excluding hydrogens is 441 g/mol. The molecule has 0 saturated carbocycles. The molecule has 0 atom stereocenters. The molecule has 160 valence electrons. The van der Waals surface area contributed by atoms with Crippen LogP contribution in [0.2, 0.25) is 10.0 Å². The standard InChI is InChI=1S/C26H21Cl2N3O/c27-24-10-5-9-22(25(24)28)21-7-1-2-8-23(21)26(32)31-20-13-11-19(12-14-20)30-17-15-18-6-3-4-16-29-18/h1-14,16,30H,15,17H2,(H,31,32). The zero-order valence-corrected chi connectivity index (χ0v) is 18.7. The van der Waals surface area contributed by atoms with Crippen LogP contribution in [-0.2, 0) is 6.42 Å². The highest BCUT2D eigenvalue weighted by Crippen LogP contribution is 2.35. The zero-order valence-electron chi connectivity index (χ0n) is 17.2. The number of nitrogens with one attached hydrogen (secondary N) is 2. The Bertz CT molecular complexity index is 1210. The van der Waals surface area contributed by atoms with Gasteiger partial charge in [-0.2, -0.15) is 0 Å². The van der Waals surface area contributed by atoms with Crippen molar-refractivity contribution in [2.24, 2.45) is 0 Å². The summed E-state index contributed by atoms with van der Waals surface area (Å²) < 4.78 is 0. The Kier molecular flexibility index (Phi) is 7.05. The van der Waals surface area contributed by atoms with Crippen LogP contribution >= 0.6 is 23.2 Å². The van der Waals surface area contributed by atoms with Crippen LogP contribution in [0.15, 0.2) is 91.1 Å². The lowest BCUT2D eigenvalue weighted by Gasteiger charge is -2.13. The van der Waals surface area contributed by atoms with Crippen molar-refractivity contribution in [2.45, 2.75) is 6.42 Å².